The third kappa shape index (κ3) is 4.14. The van der Waals surface area contributed by atoms with Crippen LogP contribution in [-0.4, -0.2) is 45.1 Å². The van der Waals surface area contributed by atoms with Gasteiger partial charge in [0.15, 0.2) is 6.61 Å². The Labute approximate surface area is 163 Å². The van der Waals surface area contributed by atoms with Gasteiger partial charge in [0.05, 0.1) is 18.7 Å². The number of likely N-dealkylation sites (N-methyl/N-ethyl adjacent to an activating group) is 1. The zero-order chi connectivity index (χ0) is 20.1. The van der Waals surface area contributed by atoms with E-state index < -0.39 is 11.9 Å². The van der Waals surface area contributed by atoms with Crippen LogP contribution >= 0.6 is 0 Å². The average Bonchev–Trinajstić information content (AvgIpc) is 3.13. The first kappa shape index (κ1) is 19.4. The standard InChI is InChI=1S/C21H22N2O5/c1-22(16-8-4-3-5-9-16)20(25)14-28-21(26)15-12-19(24)23(13-15)17-10-6-7-11-18(17)27-2/h3-11,15H,12-14H2,1-2H3/t15-/m0/s1. The van der Waals surface area contributed by atoms with Crippen LogP contribution in [0.4, 0.5) is 11.4 Å². The van der Waals surface area contributed by atoms with Gasteiger partial charge in [0.1, 0.15) is 5.75 Å². The van der Waals surface area contributed by atoms with Gasteiger partial charge in [0, 0.05) is 25.7 Å². The normalized spacial score (nSPS) is 16.0. The summed E-state index contributed by atoms with van der Waals surface area (Å²) in [5, 5.41) is 0. The molecule has 0 bridgehead atoms. The van der Waals surface area contributed by atoms with Crippen molar-refractivity contribution in [1.82, 2.24) is 0 Å². The molecule has 2 amide bonds. The van der Waals surface area contributed by atoms with Crippen LogP contribution in [0.1, 0.15) is 6.42 Å². The Kier molecular flexibility index (Phi) is 5.93. The number of hydrogen-bond acceptors (Lipinski definition) is 5. The maximum Gasteiger partial charge on any atom is 0.311 e. The van der Waals surface area contributed by atoms with E-state index in [4.69, 9.17) is 9.47 Å². The highest BCUT2D eigenvalue weighted by atomic mass is 16.5. The Morgan fingerprint density at radius 3 is 2.50 bits per heavy atom. The van der Waals surface area contributed by atoms with E-state index in [1.54, 1.807) is 37.4 Å². The summed E-state index contributed by atoms with van der Waals surface area (Å²) < 4.78 is 10.5. The van der Waals surface area contributed by atoms with Crippen LogP contribution in [0.5, 0.6) is 5.75 Å². The number of carbonyl (C=O) groups excluding carboxylic acids is 3. The highest BCUT2D eigenvalue weighted by Crippen LogP contribution is 2.33. The lowest BCUT2D eigenvalue weighted by atomic mass is 10.1. The Bertz CT molecular complexity index is 868. The zero-order valence-corrected chi connectivity index (χ0v) is 15.8. The Morgan fingerprint density at radius 1 is 1.11 bits per heavy atom. The molecule has 28 heavy (non-hydrogen) atoms. The highest BCUT2D eigenvalue weighted by Gasteiger charge is 2.37. The molecule has 7 nitrogen and oxygen atoms in total. The molecule has 0 unspecified atom stereocenters. The molecular formula is C21H22N2O5. The lowest BCUT2D eigenvalue weighted by molar-refractivity contribution is -0.151. The van der Waals surface area contributed by atoms with Gasteiger partial charge in [-0.25, -0.2) is 0 Å². The molecule has 0 radical (unpaired) electrons. The van der Waals surface area contributed by atoms with Crippen LogP contribution in [0.3, 0.4) is 0 Å². The van der Waals surface area contributed by atoms with Crippen LogP contribution < -0.4 is 14.5 Å². The van der Waals surface area contributed by atoms with E-state index in [9.17, 15) is 14.4 Å². The number of rotatable bonds is 6. The quantitative estimate of drug-likeness (QED) is 0.717. The first-order valence-electron chi connectivity index (χ1n) is 8.93. The van der Waals surface area contributed by atoms with Gasteiger partial charge >= 0.3 is 5.97 Å². The molecule has 0 N–H and O–H groups in total. The van der Waals surface area contributed by atoms with Gasteiger partial charge in [-0.2, -0.15) is 0 Å². The number of benzene rings is 2. The van der Waals surface area contributed by atoms with Crippen molar-refractivity contribution >= 4 is 29.2 Å². The second-order valence-corrected chi connectivity index (χ2v) is 6.47. The molecule has 2 aromatic rings. The summed E-state index contributed by atoms with van der Waals surface area (Å²) in [6, 6.07) is 16.2. The number of para-hydroxylation sites is 3. The predicted molar refractivity (Wildman–Crippen MR) is 104 cm³/mol. The molecule has 0 saturated carbocycles. The number of methoxy groups -OCH3 is 1. The number of amides is 2. The number of carbonyl (C=O) groups is 3. The van der Waals surface area contributed by atoms with E-state index in [0.29, 0.717) is 17.1 Å². The lowest BCUT2D eigenvalue weighted by Gasteiger charge is -2.19. The van der Waals surface area contributed by atoms with Gasteiger partial charge in [-0.3, -0.25) is 14.4 Å². The Balaban J connectivity index is 1.58. The van der Waals surface area contributed by atoms with Gasteiger partial charge in [-0.15, -0.1) is 0 Å². The van der Waals surface area contributed by atoms with Crippen LogP contribution in [0.25, 0.3) is 0 Å². The predicted octanol–water partition coefficient (Wildman–Crippen LogP) is 2.25. The monoisotopic (exact) mass is 382 g/mol. The molecule has 2 aromatic carbocycles. The van der Waals surface area contributed by atoms with Crippen LogP contribution in [-0.2, 0) is 19.1 Å². The van der Waals surface area contributed by atoms with Crippen LogP contribution in [0.15, 0.2) is 54.6 Å². The summed E-state index contributed by atoms with van der Waals surface area (Å²) in [7, 11) is 3.15. The number of esters is 1. The highest BCUT2D eigenvalue weighted by molar-refractivity contribution is 6.01. The molecule has 1 heterocycles. The smallest absolute Gasteiger partial charge is 0.311 e. The minimum Gasteiger partial charge on any atom is -0.495 e. The molecule has 1 fully saturated rings. The maximum absolute atomic E-state index is 12.4. The van der Waals surface area contributed by atoms with Gasteiger partial charge in [0.2, 0.25) is 5.91 Å². The van der Waals surface area contributed by atoms with Crippen molar-refractivity contribution in [2.75, 3.05) is 37.1 Å². The third-order valence-corrected chi connectivity index (χ3v) is 4.69. The van der Waals surface area contributed by atoms with E-state index >= 15 is 0 Å². The second-order valence-electron chi connectivity index (χ2n) is 6.47. The van der Waals surface area contributed by atoms with Crippen molar-refractivity contribution in [2.24, 2.45) is 5.92 Å². The van der Waals surface area contributed by atoms with Crippen LogP contribution in [0, 0.1) is 5.92 Å². The molecule has 1 atom stereocenters. The van der Waals surface area contributed by atoms with Crippen molar-refractivity contribution in [3.8, 4) is 5.75 Å². The first-order valence-corrected chi connectivity index (χ1v) is 8.93. The molecule has 3 rings (SSSR count). The Morgan fingerprint density at radius 2 is 1.79 bits per heavy atom. The fourth-order valence-corrected chi connectivity index (χ4v) is 3.09. The topological polar surface area (TPSA) is 76.2 Å². The lowest BCUT2D eigenvalue weighted by Crippen LogP contribution is -2.33. The summed E-state index contributed by atoms with van der Waals surface area (Å²) in [6.45, 7) is -0.176. The molecule has 1 saturated heterocycles. The molecule has 0 aliphatic carbocycles. The molecule has 1 aliphatic heterocycles. The van der Waals surface area contributed by atoms with Crippen molar-refractivity contribution in [3.05, 3.63) is 54.6 Å². The molecule has 0 spiro atoms. The third-order valence-electron chi connectivity index (χ3n) is 4.69. The summed E-state index contributed by atoms with van der Waals surface area (Å²) >= 11 is 0. The largest absolute Gasteiger partial charge is 0.495 e. The Hall–Kier alpha value is -3.35. The van der Waals surface area contributed by atoms with Crippen molar-refractivity contribution in [1.29, 1.82) is 0 Å². The number of ether oxygens (including phenoxy) is 2. The summed E-state index contributed by atoms with van der Waals surface area (Å²) in [5.74, 6) is -1.14. The van der Waals surface area contributed by atoms with Gasteiger partial charge in [-0.1, -0.05) is 30.3 Å². The van der Waals surface area contributed by atoms with E-state index in [1.807, 2.05) is 24.3 Å². The molecule has 0 aromatic heterocycles. The van der Waals surface area contributed by atoms with Gasteiger partial charge in [-0.05, 0) is 24.3 Å². The molecular weight excluding hydrogens is 360 g/mol. The average molecular weight is 382 g/mol. The molecule has 146 valence electrons. The van der Waals surface area contributed by atoms with Crippen molar-refractivity contribution < 1.29 is 23.9 Å². The van der Waals surface area contributed by atoms with Crippen LogP contribution in [0.2, 0.25) is 0 Å². The minimum atomic E-state index is -0.618. The number of hydrogen-bond donors (Lipinski definition) is 0. The zero-order valence-electron chi connectivity index (χ0n) is 15.8. The second kappa shape index (κ2) is 8.56. The summed E-state index contributed by atoms with van der Waals surface area (Å²) in [6.07, 6.45) is 0.0413. The van der Waals surface area contributed by atoms with Gasteiger partial charge in [0.25, 0.3) is 5.91 Å². The maximum atomic E-state index is 12.4. The number of anilines is 2. The number of nitrogens with zero attached hydrogens (tertiary/aromatic N) is 2. The fourth-order valence-electron chi connectivity index (χ4n) is 3.09. The van der Waals surface area contributed by atoms with Crippen molar-refractivity contribution in [2.45, 2.75) is 6.42 Å². The van der Waals surface area contributed by atoms with E-state index in [0.717, 1.165) is 0 Å². The summed E-state index contributed by atoms with van der Waals surface area (Å²) in [5.41, 5.74) is 1.33. The van der Waals surface area contributed by atoms with E-state index in [-0.39, 0.29) is 31.4 Å². The molecule has 1 aliphatic rings. The minimum absolute atomic E-state index is 0.0413. The molecule has 7 heteroatoms. The summed E-state index contributed by atoms with van der Waals surface area (Å²) in [4.78, 5) is 40.0. The van der Waals surface area contributed by atoms with Gasteiger partial charge < -0.3 is 19.3 Å². The van der Waals surface area contributed by atoms with Crippen molar-refractivity contribution in [3.63, 3.8) is 0 Å². The SMILES string of the molecule is COc1ccccc1N1C[C@@H](C(=O)OCC(=O)N(C)c2ccccc2)CC1=O. The van der Waals surface area contributed by atoms with E-state index in [2.05, 4.69) is 0 Å². The van der Waals surface area contributed by atoms with E-state index in [1.165, 1.54) is 16.9 Å². The first-order chi connectivity index (χ1) is 13.5. The fraction of sp³-hybridized carbons (Fsp3) is 0.286.